The first-order valence-corrected chi connectivity index (χ1v) is 7.74. The minimum absolute atomic E-state index is 0.0397. The number of ether oxygens (including phenoxy) is 2. The van der Waals surface area contributed by atoms with E-state index in [4.69, 9.17) is 32.7 Å². The molecular weight excluding hydrogens is 313 g/mol. The highest BCUT2D eigenvalue weighted by Gasteiger charge is 2.25. The molecule has 1 aromatic carbocycles. The summed E-state index contributed by atoms with van der Waals surface area (Å²) in [5.41, 5.74) is 0. The standard InChI is InChI=1S/C15H19Cl2NO3/c1-20-15(19)11-4-6-18(7-5-11)8-9-21-14-3-2-12(16)10-13(14)17/h2-3,10-11H,4-9H2,1H3. The van der Waals surface area contributed by atoms with Crippen LogP contribution in [0.15, 0.2) is 18.2 Å². The highest BCUT2D eigenvalue weighted by molar-refractivity contribution is 6.35. The summed E-state index contributed by atoms with van der Waals surface area (Å²) in [6.45, 7) is 3.14. The van der Waals surface area contributed by atoms with Gasteiger partial charge in [-0.1, -0.05) is 23.2 Å². The molecule has 0 saturated carbocycles. The van der Waals surface area contributed by atoms with Crippen LogP contribution in [0.25, 0.3) is 0 Å². The average molecular weight is 332 g/mol. The maximum atomic E-state index is 11.4. The predicted octanol–water partition coefficient (Wildman–Crippen LogP) is 3.26. The number of halogens is 2. The van der Waals surface area contributed by atoms with Gasteiger partial charge in [0.25, 0.3) is 0 Å². The van der Waals surface area contributed by atoms with Crippen LogP contribution in [-0.2, 0) is 9.53 Å². The Morgan fingerprint density at radius 2 is 2.05 bits per heavy atom. The smallest absolute Gasteiger partial charge is 0.308 e. The summed E-state index contributed by atoms with van der Waals surface area (Å²) in [6, 6.07) is 5.19. The van der Waals surface area contributed by atoms with E-state index < -0.39 is 0 Å². The molecule has 6 heteroatoms. The van der Waals surface area contributed by atoms with Gasteiger partial charge in [-0.15, -0.1) is 0 Å². The first-order chi connectivity index (χ1) is 10.1. The van der Waals surface area contributed by atoms with E-state index in [1.165, 1.54) is 7.11 Å². The molecule has 1 saturated heterocycles. The molecule has 4 nitrogen and oxygen atoms in total. The average Bonchev–Trinajstić information content (AvgIpc) is 2.49. The zero-order valence-corrected chi connectivity index (χ0v) is 13.5. The largest absolute Gasteiger partial charge is 0.491 e. The van der Waals surface area contributed by atoms with Gasteiger partial charge in [0.15, 0.2) is 0 Å². The molecule has 1 fully saturated rings. The van der Waals surface area contributed by atoms with Gasteiger partial charge < -0.3 is 9.47 Å². The second-order valence-electron chi connectivity index (χ2n) is 5.06. The second kappa shape index (κ2) is 7.87. The Hall–Kier alpha value is -0.970. The van der Waals surface area contributed by atoms with Crippen molar-refractivity contribution in [1.82, 2.24) is 4.90 Å². The van der Waals surface area contributed by atoms with Crippen molar-refractivity contribution in [3.05, 3.63) is 28.2 Å². The van der Waals surface area contributed by atoms with Crippen LogP contribution in [-0.4, -0.2) is 44.2 Å². The predicted molar refractivity (Wildman–Crippen MR) is 83.1 cm³/mol. The fourth-order valence-electron chi connectivity index (χ4n) is 2.44. The zero-order valence-electron chi connectivity index (χ0n) is 12.0. The Labute approximate surface area is 134 Å². The van der Waals surface area contributed by atoms with Gasteiger partial charge in [-0.25, -0.2) is 0 Å². The third-order valence-corrected chi connectivity index (χ3v) is 4.21. The Bertz CT molecular complexity index is 488. The molecule has 0 atom stereocenters. The van der Waals surface area contributed by atoms with Crippen molar-refractivity contribution in [1.29, 1.82) is 0 Å². The van der Waals surface area contributed by atoms with Crippen molar-refractivity contribution in [2.75, 3.05) is 33.4 Å². The lowest BCUT2D eigenvalue weighted by molar-refractivity contribution is -0.147. The van der Waals surface area contributed by atoms with Gasteiger partial charge in [0.1, 0.15) is 12.4 Å². The van der Waals surface area contributed by atoms with E-state index in [0.717, 1.165) is 32.5 Å². The fraction of sp³-hybridized carbons (Fsp3) is 0.533. The van der Waals surface area contributed by atoms with Gasteiger partial charge in [0.05, 0.1) is 18.1 Å². The molecular formula is C15H19Cl2NO3. The van der Waals surface area contributed by atoms with E-state index in [2.05, 4.69) is 4.90 Å². The molecule has 1 aliphatic rings. The fourth-order valence-corrected chi connectivity index (χ4v) is 2.90. The molecule has 0 radical (unpaired) electrons. The summed E-state index contributed by atoms with van der Waals surface area (Å²) in [7, 11) is 1.44. The van der Waals surface area contributed by atoms with Crippen molar-refractivity contribution < 1.29 is 14.3 Å². The minimum Gasteiger partial charge on any atom is -0.491 e. The monoisotopic (exact) mass is 331 g/mol. The number of benzene rings is 1. The molecule has 0 amide bonds. The van der Waals surface area contributed by atoms with Gasteiger partial charge in [-0.3, -0.25) is 9.69 Å². The maximum absolute atomic E-state index is 11.4. The third-order valence-electron chi connectivity index (χ3n) is 3.68. The van der Waals surface area contributed by atoms with E-state index in [1.807, 2.05) is 0 Å². The van der Waals surface area contributed by atoms with Gasteiger partial charge in [-0.2, -0.15) is 0 Å². The molecule has 0 spiro atoms. The summed E-state index contributed by atoms with van der Waals surface area (Å²) in [5, 5.41) is 1.11. The molecule has 0 aromatic heterocycles. The number of likely N-dealkylation sites (tertiary alicyclic amines) is 1. The Morgan fingerprint density at radius 1 is 1.33 bits per heavy atom. The van der Waals surface area contributed by atoms with Gasteiger partial charge >= 0.3 is 5.97 Å². The van der Waals surface area contributed by atoms with Crippen molar-refractivity contribution >= 4 is 29.2 Å². The molecule has 2 rings (SSSR count). The number of methoxy groups -OCH3 is 1. The van der Waals surface area contributed by atoms with Crippen molar-refractivity contribution in [2.24, 2.45) is 5.92 Å². The number of rotatable bonds is 5. The number of carbonyl (C=O) groups is 1. The lowest BCUT2D eigenvalue weighted by Crippen LogP contribution is -2.38. The van der Waals surface area contributed by atoms with E-state index in [9.17, 15) is 4.79 Å². The number of carbonyl (C=O) groups excluding carboxylic acids is 1. The second-order valence-corrected chi connectivity index (χ2v) is 5.91. The quantitative estimate of drug-likeness (QED) is 0.776. The van der Waals surface area contributed by atoms with Crippen LogP contribution in [0.4, 0.5) is 0 Å². The molecule has 0 bridgehead atoms. The number of piperidine rings is 1. The van der Waals surface area contributed by atoms with Crippen molar-refractivity contribution in [3.8, 4) is 5.75 Å². The van der Waals surface area contributed by atoms with Gasteiger partial charge in [-0.05, 0) is 44.1 Å². The van der Waals surface area contributed by atoms with Crippen LogP contribution >= 0.6 is 23.2 Å². The molecule has 21 heavy (non-hydrogen) atoms. The Kier molecular flexibility index (Phi) is 6.15. The van der Waals surface area contributed by atoms with Crippen LogP contribution in [0.3, 0.4) is 0 Å². The normalized spacial score (nSPS) is 16.7. The van der Waals surface area contributed by atoms with Crippen LogP contribution < -0.4 is 4.74 Å². The van der Waals surface area contributed by atoms with Crippen LogP contribution in [0, 0.1) is 5.92 Å². The molecule has 1 aliphatic heterocycles. The zero-order chi connectivity index (χ0) is 15.2. The summed E-state index contributed by atoms with van der Waals surface area (Å²) in [6.07, 6.45) is 1.68. The van der Waals surface area contributed by atoms with Gasteiger partial charge in [0.2, 0.25) is 0 Å². The van der Waals surface area contributed by atoms with Crippen LogP contribution in [0.2, 0.25) is 10.0 Å². The SMILES string of the molecule is COC(=O)C1CCN(CCOc2ccc(Cl)cc2Cl)CC1. The number of esters is 1. The molecule has 0 unspecified atom stereocenters. The van der Waals surface area contributed by atoms with E-state index in [1.54, 1.807) is 18.2 Å². The molecule has 0 aliphatic carbocycles. The van der Waals surface area contributed by atoms with E-state index in [0.29, 0.717) is 22.4 Å². The molecule has 0 N–H and O–H groups in total. The summed E-state index contributed by atoms with van der Waals surface area (Å²) in [4.78, 5) is 13.7. The summed E-state index contributed by atoms with van der Waals surface area (Å²) < 4.78 is 10.4. The van der Waals surface area contributed by atoms with E-state index in [-0.39, 0.29) is 11.9 Å². The lowest BCUT2D eigenvalue weighted by Gasteiger charge is -2.30. The third kappa shape index (κ3) is 4.77. The van der Waals surface area contributed by atoms with Crippen molar-refractivity contribution in [2.45, 2.75) is 12.8 Å². The van der Waals surface area contributed by atoms with Crippen LogP contribution in [0.5, 0.6) is 5.75 Å². The number of hydrogen-bond donors (Lipinski definition) is 0. The number of hydrogen-bond acceptors (Lipinski definition) is 4. The van der Waals surface area contributed by atoms with Crippen LogP contribution in [0.1, 0.15) is 12.8 Å². The van der Waals surface area contributed by atoms with Crippen molar-refractivity contribution in [3.63, 3.8) is 0 Å². The highest BCUT2D eigenvalue weighted by Crippen LogP contribution is 2.27. The molecule has 116 valence electrons. The summed E-state index contributed by atoms with van der Waals surface area (Å²) in [5.74, 6) is 0.585. The lowest BCUT2D eigenvalue weighted by atomic mass is 9.97. The number of nitrogens with zero attached hydrogens (tertiary/aromatic N) is 1. The first-order valence-electron chi connectivity index (χ1n) is 6.98. The highest BCUT2D eigenvalue weighted by atomic mass is 35.5. The first kappa shape index (κ1) is 16.4. The topological polar surface area (TPSA) is 38.8 Å². The van der Waals surface area contributed by atoms with Gasteiger partial charge in [0, 0.05) is 11.6 Å². The maximum Gasteiger partial charge on any atom is 0.308 e. The Balaban J connectivity index is 1.71. The molecule has 1 aromatic rings. The van der Waals surface area contributed by atoms with E-state index >= 15 is 0 Å². The Morgan fingerprint density at radius 3 is 2.67 bits per heavy atom. The minimum atomic E-state index is -0.0983. The molecule has 1 heterocycles. The summed E-state index contributed by atoms with van der Waals surface area (Å²) >= 11 is 11.9.